The highest BCUT2D eigenvalue weighted by atomic mass is 15.2. The van der Waals surface area contributed by atoms with Crippen molar-refractivity contribution in [2.75, 3.05) is 18.8 Å². The monoisotopic (exact) mass is 288 g/mol. The highest BCUT2D eigenvalue weighted by molar-refractivity contribution is 5.39. The van der Waals surface area contributed by atoms with Crippen molar-refractivity contribution in [3.63, 3.8) is 0 Å². The molecule has 1 unspecified atom stereocenters. The first-order valence-corrected chi connectivity index (χ1v) is 8.42. The summed E-state index contributed by atoms with van der Waals surface area (Å²) in [4.78, 5) is 6.90. The minimum atomic E-state index is 0.157. The number of nitrogens with zero attached hydrogens (tertiary/aromatic N) is 2. The molecule has 2 aliphatic rings. The van der Waals surface area contributed by atoms with Crippen molar-refractivity contribution in [1.82, 2.24) is 9.88 Å². The second kappa shape index (κ2) is 6.32. The number of anilines is 1. The van der Waals surface area contributed by atoms with E-state index in [0.29, 0.717) is 5.82 Å². The SMILES string of the molecule is Nc1ncccc1CC(N)C1(N2CCCCC2)CCCC1. The smallest absolute Gasteiger partial charge is 0.126 e. The van der Waals surface area contributed by atoms with Gasteiger partial charge in [-0.3, -0.25) is 4.90 Å². The van der Waals surface area contributed by atoms with Gasteiger partial charge in [0.1, 0.15) is 5.82 Å². The number of piperidine rings is 1. The van der Waals surface area contributed by atoms with Crippen LogP contribution in [0.3, 0.4) is 0 Å². The van der Waals surface area contributed by atoms with E-state index < -0.39 is 0 Å². The molecule has 1 atom stereocenters. The molecule has 2 fully saturated rings. The first-order valence-electron chi connectivity index (χ1n) is 8.42. The van der Waals surface area contributed by atoms with Crippen LogP contribution >= 0.6 is 0 Å². The van der Waals surface area contributed by atoms with E-state index in [1.54, 1.807) is 6.20 Å². The highest BCUT2D eigenvalue weighted by Crippen LogP contribution is 2.40. The van der Waals surface area contributed by atoms with Crippen LogP contribution in [0.5, 0.6) is 0 Å². The lowest BCUT2D eigenvalue weighted by atomic mass is 9.82. The van der Waals surface area contributed by atoms with E-state index >= 15 is 0 Å². The summed E-state index contributed by atoms with van der Waals surface area (Å²) in [7, 11) is 0. The van der Waals surface area contributed by atoms with Crippen molar-refractivity contribution in [2.45, 2.75) is 62.9 Å². The Morgan fingerprint density at radius 3 is 2.52 bits per heavy atom. The molecule has 1 aromatic rings. The van der Waals surface area contributed by atoms with Gasteiger partial charge in [-0.25, -0.2) is 4.98 Å². The van der Waals surface area contributed by atoms with E-state index in [4.69, 9.17) is 11.5 Å². The summed E-state index contributed by atoms with van der Waals surface area (Å²) < 4.78 is 0. The molecule has 116 valence electrons. The number of aromatic nitrogens is 1. The maximum Gasteiger partial charge on any atom is 0.126 e. The zero-order valence-corrected chi connectivity index (χ0v) is 12.9. The van der Waals surface area contributed by atoms with E-state index in [1.165, 1.54) is 58.0 Å². The first-order chi connectivity index (χ1) is 10.2. The summed E-state index contributed by atoms with van der Waals surface area (Å²) in [5.41, 5.74) is 14.0. The largest absolute Gasteiger partial charge is 0.383 e. The second-order valence-electron chi connectivity index (χ2n) is 6.72. The molecule has 1 aromatic heterocycles. The van der Waals surface area contributed by atoms with E-state index in [1.807, 2.05) is 6.07 Å². The molecule has 0 aromatic carbocycles. The van der Waals surface area contributed by atoms with Gasteiger partial charge >= 0.3 is 0 Å². The average molecular weight is 288 g/mol. The number of nitrogens with two attached hydrogens (primary N) is 2. The van der Waals surface area contributed by atoms with Crippen molar-refractivity contribution in [1.29, 1.82) is 0 Å². The Hall–Kier alpha value is -1.13. The Morgan fingerprint density at radius 2 is 1.86 bits per heavy atom. The van der Waals surface area contributed by atoms with Crippen molar-refractivity contribution in [2.24, 2.45) is 5.73 Å². The normalized spacial score (nSPS) is 24.0. The lowest BCUT2D eigenvalue weighted by molar-refractivity contribution is 0.0482. The second-order valence-corrected chi connectivity index (χ2v) is 6.72. The number of pyridine rings is 1. The molecule has 21 heavy (non-hydrogen) atoms. The van der Waals surface area contributed by atoms with E-state index in [2.05, 4.69) is 16.0 Å². The molecule has 0 bridgehead atoms. The van der Waals surface area contributed by atoms with Gasteiger partial charge in [0, 0.05) is 17.8 Å². The van der Waals surface area contributed by atoms with Crippen LogP contribution in [0.15, 0.2) is 18.3 Å². The first kappa shape index (κ1) is 14.8. The van der Waals surface area contributed by atoms with Gasteiger partial charge in [-0.1, -0.05) is 25.3 Å². The maximum absolute atomic E-state index is 6.72. The number of hydrogen-bond donors (Lipinski definition) is 2. The summed E-state index contributed by atoms with van der Waals surface area (Å²) in [6.07, 6.45) is 11.7. The molecule has 2 heterocycles. The van der Waals surface area contributed by atoms with Crippen molar-refractivity contribution >= 4 is 5.82 Å². The molecule has 1 aliphatic heterocycles. The third-order valence-corrected chi connectivity index (χ3v) is 5.51. The van der Waals surface area contributed by atoms with Crippen molar-refractivity contribution in [3.8, 4) is 0 Å². The van der Waals surface area contributed by atoms with Gasteiger partial charge in [0.05, 0.1) is 0 Å². The summed E-state index contributed by atoms with van der Waals surface area (Å²) in [6.45, 7) is 2.44. The number of rotatable bonds is 4. The molecule has 0 radical (unpaired) electrons. The number of hydrogen-bond acceptors (Lipinski definition) is 4. The lowest BCUT2D eigenvalue weighted by Crippen LogP contribution is -2.60. The molecule has 1 saturated heterocycles. The fourth-order valence-electron chi connectivity index (χ4n) is 4.30. The Bertz CT molecular complexity index is 462. The summed E-state index contributed by atoms with van der Waals surface area (Å²) >= 11 is 0. The molecule has 1 saturated carbocycles. The van der Waals surface area contributed by atoms with E-state index in [-0.39, 0.29) is 11.6 Å². The highest BCUT2D eigenvalue weighted by Gasteiger charge is 2.44. The van der Waals surface area contributed by atoms with Crippen LogP contribution in [0, 0.1) is 0 Å². The standard InChI is InChI=1S/C17H28N4/c18-15(13-14-7-6-10-20-16(14)19)17(8-2-3-9-17)21-11-4-1-5-12-21/h6-7,10,15H,1-5,8-9,11-13,18H2,(H2,19,20). The Labute approximate surface area is 127 Å². The predicted octanol–water partition coefficient (Wildman–Crippen LogP) is 2.33. The van der Waals surface area contributed by atoms with Gasteiger partial charge < -0.3 is 11.5 Å². The van der Waals surface area contributed by atoms with Crippen LogP contribution < -0.4 is 11.5 Å². The minimum absolute atomic E-state index is 0.157. The van der Waals surface area contributed by atoms with E-state index in [9.17, 15) is 0 Å². The summed E-state index contributed by atoms with van der Waals surface area (Å²) in [5.74, 6) is 0.639. The lowest BCUT2D eigenvalue weighted by Gasteiger charge is -2.47. The third kappa shape index (κ3) is 2.92. The Morgan fingerprint density at radius 1 is 1.14 bits per heavy atom. The third-order valence-electron chi connectivity index (χ3n) is 5.51. The molecule has 4 N–H and O–H groups in total. The zero-order valence-electron chi connectivity index (χ0n) is 12.9. The molecule has 1 aliphatic carbocycles. The van der Waals surface area contributed by atoms with Gasteiger partial charge in [0.2, 0.25) is 0 Å². The molecule has 4 heteroatoms. The quantitative estimate of drug-likeness (QED) is 0.892. The minimum Gasteiger partial charge on any atom is -0.383 e. The fourth-order valence-corrected chi connectivity index (χ4v) is 4.30. The molecule has 0 spiro atoms. The number of nitrogen functional groups attached to an aromatic ring is 1. The van der Waals surface area contributed by atoms with E-state index in [0.717, 1.165) is 12.0 Å². The van der Waals surface area contributed by atoms with Crippen LogP contribution in [-0.2, 0) is 6.42 Å². The van der Waals surface area contributed by atoms with Gasteiger partial charge in [-0.15, -0.1) is 0 Å². The topological polar surface area (TPSA) is 68.2 Å². The molecule has 3 rings (SSSR count). The molecule has 4 nitrogen and oxygen atoms in total. The Balaban J connectivity index is 1.78. The molecular weight excluding hydrogens is 260 g/mol. The number of likely N-dealkylation sites (tertiary alicyclic amines) is 1. The summed E-state index contributed by atoms with van der Waals surface area (Å²) in [6, 6.07) is 4.19. The van der Waals surface area contributed by atoms with Crippen molar-refractivity contribution in [3.05, 3.63) is 23.9 Å². The van der Waals surface area contributed by atoms with Crippen LogP contribution in [-0.4, -0.2) is 34.6 Å². The van der Waals surface area contributed by atoms with Crippen LogP contribution in [0.1, 0.15) is 50.5 Å². The zero-order chi connectivity index (χ0) is 14.7. The van der Waals surface area contributed by atoms with Gasteiger partial charge in [0.25, 0.3) is 0 Å². The Kier molecular flexibility index (Phi) is 4.45. The van der Waals surface area contributed by atoms with Crippen molar-refractivity contribution < 1.29 is 0 Å². The molecule has 0 amide bonds. The molecular formula is C17H28N4. The average Bonchev–Trinajstić information content (AvgIpc) is 3.01. The fraction of sp³-hybridized carbons (Fsp3) is 0.706. The van der Waals surface area contributed by atoms with Crippen LogP contribution in [0.2, 0.25) is 0 Å². The maximum atomic E-state index is 6.72. The predicted molar refractivity (Wildman–Crippen MR) is 87.0 cm³/mol. The van der Waals surface area contributed by atoms with Crippen LogP contribution in [0.25, 0.3) is 0 Å². The van der Waals surface area contributed by atoms with Crippen LogP contribution in [0.4, 0.5) is 5.82 Å². The van der Waals surface area contributed by atoms with Gasteiger partial charge in [-0.05, 0) is 56.8 Å². The summed E-state index contributed by atoms with van der Waals surface area (Å²) in [5, 5.41) is 0. The van der Waals surface area contributed by atoms with Gasteiger partial charge in [0.15, 0.2) is 0 Å². The van der Waals surface area contributed by atoms with Gasteiger partial charge in [-0.2, -0.15) is 0 Å².